The van der Waals surface area contributed by atoms with Gasteiger partial charge in [-0.05, 0) is 18.2 Å². The maximum absolute atomic E-state index is 11.3. The van der Waals surface area contributed by atoms with Crippen molar-refractivity contribution >= 4 is 17.1 Å². The Morgan fingerprint density at radius 2 is 0.794 bits per heavy atom. The molecule has 0 saturated heterocycles. The highest BCUT2D eigenvalue weighted by atomic mass is 16.8. The van der Waals surface area contributed by atoms with E-state index in [9.17, 15) is 30.3 Å². The number of para-hydroxylation sites is 3. The Morgan fingerprint density at radius 3 is 1.06 bits per heavy atom. The van der Waals surface area contributed by atoms with Gasteiger partial charge in [0.2, 0.25) is 0 Å². The first-order valence-corrected chi connectivity index (χ1v) is 9.88. The third kappa shape index (κ3) is 6.38. The zero-order valence-corrected chi connectivity index (χ0v) is 17.6. The van der Waals surface area contributed by atoms with Crippen LogP contribution < -0.4 is 0 Å². The summed E-state index contributed by atoms with van der Waals surface area (Å²) in [5, 5.41) is 33.8. The minimum Gasteiger partial charge on any atom is -0.325 e. The Labute approximate surface area is 192 Å². The Morgan fingerprint density at radius 1 is 0.529 bits per heavy atom. The van der Waals surface area contributed by atoms with Crippen molar-refractivity contribution in [3.63, 3.8) is 0 Å². The van der Waals surface area contributed by atoms with Crippen molar-refractivity contribution < 1.29 is 29.0 Å². The van der Waals surface area contributed by atoms with Crippen LogP contribution in [0.2, 0.25) is 0 Å². The first-order chi connectivity index (χ1) is 16.4. The molecule has 12 heteroatoms. The van der Waals surface area contributed by atoms with Crippen molar-refractivity contribution in [3.8, 4) is 0 Å². The third-order valence-corrected chi connectivity index (χ3v) is 4.69. The van der Waals surface area contributed by atoms with Crippen LogP contribution in [0.15, 0.2) is 72.8 Å². The van der Waals surface area contributed by atoms with Gasteiger partial charge in [0.25, 0.3) is 23.5 Å². The molecule has 0 aliphatic heterocycles. The molecule has 0 aliphatic carbocycles. The summed E-state index contributed by atoms with van der Waals surface area (Å²) in [6, 6.07) is 17.8. The van der Waals surface area contributed by atoms with Crippen molar-refractivity contribution in [2.45, 2.75) is 26.3 Å². The van der Waals surface area contributed by atoms with E-state index in [1.807, 2.05) is 0 Å². The topological polar surface area (TPSA) is 157 Å². The highest BCUT2D eigenvalue weighted by molar-refractivity contribution is 5.40. The third-order valence-electron chi connectivity index (χ3n) is 4.69. The highest BCUT2D eigenvalue weighted by Gasteiger charge is 2.21. The number of nitro groups is 3. The summed E-state index contributed by atoms with van der Waals surface area (Å²) in [5.74, 6) is 0. The Balaban J connectivity index is 1.77. The molecule has 0 bridgehead atoms. The molecule has 0 aliphatic rings. The van der Waals surface area contributed by atoms with Gasteiger partial charge in [-0.3, -0.25) is 30.3 Å². The van der Waals surface area contributed by atoms with Gasteiger partial charge in [0.1, 0.15) is 0 Å². The lowest BCUT2D eigenvalue weighted by Crippen LogP contribution is -2.21. The van der Waals surface area contributed by atoms with Crippen molar-refractivity contribution in [1.29, 1.82) is 0 Å². The summed E-state index contributed by atoms with van der Waals surface area (Å²) in [6.45, 7) is -2.24. The van der Waals surface area contributed by atoms with Crippen molar-refractivity contribution in [2.75, 3.05) is 0 Å². The fourth-order valence-corrected chi connectivity index (χ4v) is 3.05. The predicted octanol–water partition coefficient (Wildman–Crippen LogP) is 4.65. The quantitative estimate of drug-likeness (QED) is 0.209. The fourth-order valence-electron chi connectivity index (χ4n) is 3.05. The van der Waals surface area contributed by atoms with Gasteiger partial charge in [0, 0.05) is 18.2 Å². The number of nitrogens with zero attached hydrogens (tertiary/aromatic N) is 3. The predicted molar refractivity (Wildman–Crippen MR) is 117 cm³/mol. The number of rotatable bonds is 12. The van der Waals surface area contributed by atoms with Crippen LogP contribution in [0.4, 0.5) is 17.1 Å². The van der Waals surface area contributed by atoms with Gasteiger partial charge in [-0.1, -0.05) is 36.4 Å². The van der Waals surface area contributed by atoms with Crippen molar-refractivity contribution in [2.24, 2.45) is 0 Å². The second-order valence-corrected chi connectivity index (χ2v) is 6.88. The van der Waals surface area contributed by atoms with Crippen LogP contribution in [0.3, 0.4) is 0 Å². The molecule has 0 atom stereocenters. The molecular weight excluding hydrogens is 450 g/mol. The number of ether oxygens (including phenoxy) is 3. The second kappa shape index (κ2) is 11.6. The molecule has 3 aromatic carbocycles. The fraction of sp³-hybridized carbons (Fsp3) is 0.182. The number of hydrogen-bond acceptors (Lipinski definition) is 9. The van der Waals surface area contributed by atoms with Crippen LogP contribution in [0, 0.1) is 30.3 Å². The molecule has 0 heterocycles. The van der Waals surface area contributed by atoms with Gasteiger partial charge in [0.15, 0.2) is 0 Å². The maximum atomic E-state index is 11.3. The van der Waals surface area contributed by atoms with Gasteiger partial charge in [-0.15, -0.1) is 0 Å². The number of benzene rings is 3. The molecular formula is C22H19N3O9. The van der Waals surface area contributed by atoms with E-state index in [0.29, 0.717) is 0 Å². The summed E-state index contributed by atoms with van der Waals surface area (Å²) < 4.78 is 16.7. The molecule has 0 saturated carbocycles. The van der Waals surface area contributed by atoms with E-state index in [1.54, 1.807) is 18.2 Å². The minimum absolute atomic E-state index is 0.168. The lowest BCUT2D eigenvalue weighted by atomic mass is 10.2. The molecule has 0 fully saturated rings. The molecule has 0 amide bonds. The Bertz CT molecular complexity index is 1040. The molecule has 0 radical (unpaired) electrons. The summed E-state index contributed by atoms with van der Waals surface area (Å²) in [5.41, 5.74) is 0.249. The smallest absolute Gasteiger partial charge is 0.274 e. The Hall–Kier alpha value is -4.26. The standard InChI is InChI=1S/C22H19N3O9/c26-23(27)19-10-4-1-7-16(19)13-32-22(33-14-17-8-2-5-11-20(17)24(28)29)34-15-18-9-3-6-12-21(18)25(30)31/h1-12,22H,13-15H2. The average molecular weight is 469 g/mol. The van der Waals surface area contributed by atoms with Crippen LogP contribution in [-0.2, 0) is 34.0 Å². The van der Waals surface area contributed by atoms with Crippen LogP contribution >= 0.6 is 0 Å². The Kier molecular flexibility index (Phi) is 8.29. The summed E-state index contributed by atoms with van der Waals surface area (Å²) >= 11 is 0. The van der Waals surface area contributed by atoms with E-state index in [4.69, 9.17) is 14.2 Å². The van der Waals surface area contributed by atoms with Crippen LogP contribution in [0.1, 0.15) is 16.7 Å². The molecule has 34 heavy (non-hydrogen) atoms. The van der Waals surface area contributed by atoms with Gasteiger partial charge in [-0.2, -0.15) is 0 Å². The zero-order valence-electron chi connectivity index (χ0n) is 17.6. The molecule has 176 valence electrons. The average Bonchev–Trinajstić information content (AvgIpc) is 2.83. The van der Waals surface area contributed by atoms with Crippen LogP contribution in [0.5, 0.6) is 0 Å². The van der Waals surface area contributed by atoms with E-state index in [0.717, 1.165) is 0 Å². The summed E-state index contributed by atoms with van der Waals surface area (Å²) in [7, 11) is 0. The molecule has 0 N–H and O–H groups in total. The van der Waals surface area contributed by atoms with Gasteiger partial charge >= 0.3 is 0 Å². The lowest BCUT2D eigenvalue weighted by molar-refractivity contribution is -0.388. The van der Waals surface area contributed by atoms with E-state index >= 15 is 0 Å². The molecule has 3 aromatic rings. The van der Waals surface area contributed by atoms with Crippen molar-refractivity contribution in [1.82, 2.24) is 0 Å². The normalized spacial score (nSPS) is 10.9. The molecule has 12 nitrogen and oxygen atoms in total. The lowest BCUT2D eigenvalue weighted by Gasteiger charge is -2.19. The monoisotopic (exact) mass is 469 g/mol. The zero-order chi connectivity index (χ0) is 24.5. The van der Waals surface area contributed by atoms with Crippen LogP contribution in [-0.4, -0.2) is 21.2 Å². The molecule has 3 rings (SSSR count). The summed E-state index contributed by atoms with van der Waals surface area (Å²) in [4.78, 5) is 32.1. The highest BCUT2D eigenvalue weighted by Crippen LogP contribution is 2.24. The number of hydrogen-bond donors (Lipinski definition) is 0. The molecule has 0 unspecified atom stereocenters. The maximum Gasteiger partial charge on any atom is 0.274 e. The molecule has 0 aromatic heterocycles. The van der Waals surface area contributed by atoms with E-state index in [2.05, 4.69) is 0 Å². The summed E-state index contributed by atoms with van der Waals surface area (Å²) in [6.07, 6.45) is 0. The van der Waals surface area contributed by atoms with Gasteiger partial charge in [0.05, 0.1) is 51.3 Å². The first kappa shape index (κ1) is 24.4. The van der Waals surface area contributed by atoms with E-state index < -0.39 is 21.2 Å². The largest absolute Gasteiger partial charge is 0.325 e. The van der Waals surface area contributed by atoms with E-state index in [-0.39, 0.29) is 53.6 Å². The minimum atomic E-state index is -1.43. The SMILES string of the molecule is O=[N+]([O-])c1ccccc1COC(OCc1ccccc1[N+](=O)[O-])OCc1ccccc1[N+](=O)[O-]. The van der Waals surface area contributed by atoms with Gasteiger partial charge < -0.3 is 14.2 Å². The van der Waals surface area contributed by atoms with Crippen LogP contribution in [0.25, 0.3) is 0 Å². The first-order valence-electron chi connectivity index (χ1n) is 9.88. The van der Waals surface area contributed by atoms with Gasteiger partial charge in [-0.25, -0.2) is 0 Å². The van der Waals surface area contributed by atoms with Crippen molar-refractivity contribution in [3.05, 3.63) is 120 Å². The molecule has 0 spiro atoms. The second-order valence-electron chi connectivity index (χ2n) is 6.88. The van der Waals surface area contributed by atoms with E-state index in [1.165, 1.54) is 54.6 Å². The number of nitro benzene ring substituents is 3.